The van der Waals surface area contributed by atoms with Crippen LogP contribution < -0.4 is 9.47 Å². The van der Waals surface area contributed by atoms with Gasteiger partial charge >= 0.3 is 5.97 Å². The largest absolute Gasteiger partial charge is 0.497 e. The van der Waals surface area contributed by atoms with E-state index in [9.17, 15) is 9.59 Å². The molecule has 7 nitrogen and oxygen atoms in total. The van der Waals surface area contributed by atoms with Crippen LogP contribution in [0, 0.1) is 13.8 Å². The van der Waals surface area contributed by atoms with Crippen molar-refractivity contribution in [1.82, 2.24) is 4.90 Å². The standard InChI is InChI=1S/C18H21NO6/c1-11-5-12(2)25-17(11)18(22)19(10-16(20)21)9-13-6-14(23-3)8-15(7-13)24-4/h5-8H,9-10H2,1-4H3,(H,20,21). The van der Waals surface area contributed by atoms with Crippen LogP contribution in [0.4, 0.5) is 0 Å². The van der Waals surface area contributed by atoms with Crippen LogP contribution in [0.3, 0.4) is 0 Å². The van der Waals surface area contributed by atoms with Crippen LogP contribution in [-0.2, 0) is 11.3 Å². The summed E-state index contributed by atoms with van der Waals surface area (Å²) in [6.07, 6.45) is 0. The molecule has 1 heterocycles. The van der Waals surface area contributed by atoms with E-state index in [-0.39, 0.29) is 12.3 Å². The van der Waals surface area contributed by atoms with Crippen molar-refractivity contribution in [2.24, 2.45) is 0 Å². The van der Waals surface area contributed by atoms with Crippen molar-refractivity contribution in [3.63, 3.8) is 0 Å². The molecular weight excluding hydrogens is 326 g/mol. The molecule has 1 amide bonds. The zero-order chi connectivity index (χ0) is 18.6. The van der Waals surface area contributed by atoms with E-state index in [1.54, 1.807) is 38.1 Å². The number of carboxylic acid groups (broad SMARTS) is 1. The maximum atomic E-state index is 12.7. The number of ether oxygens (including phenoxy) is 2. The third-order valence-electron chi connectivity index (χ3n) is 3.63. The second-order valence-electron chi connectivity index (χ2n) is 5.65. The third kappa shape index (κ3) is 4.53. The number of benzene rings is 1. The lowest BCUT2D eigenvalue weighted by Gasteiger charge is -2.21. The summed E-state index contributed by atoms with van der Waals surface area (Å²) < 4.78 is 15.9. The summed E-state index contributed by atoms with van der Waals surface area (Å²) in [6.45, 7) is 3.12. The molecular formula is C18H21NO6. The van der Waals surface area contributed by atoms with Gasteiger partial charge in [-0.05, 0) is 37.6 Å². The fourth-order valence-corrected chi connectivity index (χ4v) is 2.54. The van der Waals surface area contributed by atoms with Crippen molar-refractivity contribution >= 4 is 11.9 Å². The van der Waals surface area contributed by atoms with Crippen molar-refractivity contribution in [3.8, 4) is 11.5 Å². The normalized spacial score (nSPS) is 10.4. The van der Waals surface area contributed by atoms with Gasteiger partial charge in [0, 0.05) is 18.2 Å². The number of hydrogen-bond acceptors (Lipinski definition) is 5. The molecule has 7 heteroatoms. The van der Waals surface area contributed by atoms with Crippen LogP contribution in [0.2, 0.25) is 0 Å². The Hall–Kier alpha value is -2.96. The Kier molecular flexibility index (Phi) is 5.69. The molecule has 0 atom stereocenters. The van der Waals surface area contributed by atoms with E-state index in [0.717, 1.165) is 0 Å². The summed E-state index contributed by atoms with van der Waals surface area (Å²) in [5.41, 5.74) is 1.35. The van der Waals surface area contributed by atoms with Gasteiger partial charge in [-0.25, -0.2) is 0 Å². The summed E-state index contributed by atoms with van der Waals surface area (Å²) in [7, 11) is 3.04. The first-order chi connectivity index (χ1) is 11.8. The molecule has 1 N–H and O–H groups in total. The minimum atomic E-state index is -1.11. The fourth-order valence-electron chi connectivity index (χ4n) is 2.54. The number of methoxy groups -OCH3 is 2. The van der Waals surface area contributed by atoms with E-state index in [4.69, 9.17) is 19.0 Å². The first kappa shape index (κ1) is 18.4. The monoisotopic (exact) mass is 347 g/mol. The molecule has 0 bridgehead atoms. The van der Waals surface area contributed by atoms with Gasteiger partial charge in [-0.1, -0.05) is 0 Å². The van der Waals surface area contributed by atoms with Crippen molar-refractivity contribution in [3.05, 3.63) is 46.9 Å². The number of carboxylic acids is 1. The molecule has 0 radical (unpaired) electrons. The molecule has 0 unspecified atom stereocenters. The zero-order valence-electron chi connectivity index (χ0n) is 14.7. The number of carbonyl (C=O) groups excluding carboxylic acids is 1. The second kappa shape index (κ2) is 7.74. The first-order valence-electron chi connectivity index (χ1n) is 7.64. The van der Waals surface area contributed by atoms with Gasteiger partial charge in [-0.3, -0.25) is 9.59 Å². The Bertz CT molecular complexity index is 758. The highest BCUT2D eigenvalue weighted by Gasteiger charge is 2.24. The molecule has 0 saturated carbocycles. The molecule has 0 saturated heterocycles. The second-order valence-corrected chi connectivity index (χ2v) is 5.65. The van der Waals surface area contributed by atoms with Crippen LogP contribution in [0.5, 0.6) is 11.5 Å². The number of nitrogens with zero attached hydrogens (tertiary/aromatic N) is 1. The van der Waals surface area contributed by atoms with Crippen LogP contribution >= 0.6 is 0 Å². The van der Waals surface area contributed by atoms with E-state index in [2.05, 4.69) is 0 Å². The van der Waals surface area contributed by atoms with E-state index < -0.39 is 18.4 Å². The third-order valence-corrected chi connectivity index (χ3v) is 3.63. The maximum Gasteiger partial charge on any atom is 0.323 e. The van der Waals surface area contributed by atoms with E-state index in [1.165, 1.54) is 19.1 Å². The van der Waals surface area contributed by atoms with Crippen LogP contribution in [0.15, 0.2) is 28.7 Å². The van der Waals surface area contributed by atoms with Gasteiger partial charge in [-0.2, -0.15) is 0 Å². The predicted molar refractivity (Wildman–Crippen MR) is 90.1 cm³/mol. The van der Waals surface area contributed by atoms with Crippen molar-refractivity contribution < 1.29 is 28.6 Å². The molecule has 0 aliphatic rings. The number of aliphatic carboxylic acids is 1. The van der Waals surface area contributed by atoms with Gasteiger partial charge in [0.25, 0.3) is 5.91 Å². The quantitative estimate of drug-likeness (QED) is 0.828. The van der Waals surface area contributed by atoms with E-state index in [1.807, 2.05) is 0 Å². The number of aryl methyl sites for hydroxylation is 2. The van der Waals surface area contributed by atoms with Gasteiger partial charge in [-0.15, -0.1) is 0 Å². The predicted octanol–water partition coefficient (Wildman–Crippen LogP) is 2.64. The van der Waals surface area contributed by atoms with Crippen molar-refractivity contribution in [2.45, 2.75) is 20.4 Å². The van der Waals surface area contributed by atoms with Gasteiger partial charge in [0.15, 0.2) is 5.76 Å². The number of hydrogen-bond donors (Lipinski definition) is 1. The van der Waals surface area contributed by atoms with Gasteiger partial charge in [0.05, 0.1) is 14.2 Å². The highest BCUT2D eigenvalue weighted by molar-refractivity contribution is 5.94. The van der Waals surface area contributed by atoms with Gasteiger partial charge in [0.2, 0.25) is 0 Å². The number of amides is 1. The molecule has 1 aromatic heterocycles. The molecule has 1 aromatic carbocycles. The summed E-state index contributed by atoms with van der Waals surface area (Å²) in [5.74, 6) is 0.274. The average molecular weight is 347 g/mol. The van der Waals surface area contributed by atoms with Crippen LogP contribution in [-0.4, -0.2) is 42.6 Å². The SMILES string of the molecule is COc1cc(CN(CC(=O)O)C(=O)c2oc(C)cc2C)cc(OC)c1. The average Bonchev–Trinajstić information content (AvgIpc) is 2.91. The topological polar surface area (TPSA) is 89.2 Å². The number of rotatable bonds is 7. The molecule has 0 spiro atoms. The van der Waals surface area contributed by atoms with Crippen molar-refractivity contribution in [1.29, 1.82) is 0 Å². The molecule has 25 heavy (non-hydrogen) atoms. The number of furan rings is 1. The van der Waals surface area contributed by atoms with Crippen LogP contribution in [0.25, 0.3) is 0 Å². The summed E-state index contributed by atoms with van der Waals surface area (Å²) in [4.78, 5) is 25.1. The fraction of sp³-hybridized carbons (Fsp3) is 0.333. The Morgan fingerprint density at radius 1 is 1.08 bits per heavy atom. The molecule has 0 fully saturated rings. The highest BCUT2D eigenvalue weighted by Crippen LogP contribution is 2.24. The van der Waals surface area contributed by atoms with Gasteiger partial charge < -0.3 is 23.9 Å². The molecule has 134 valence electrons. The Labute approximate surface area is 145 Å². The lowest BCUT2D eigenvalue weighted by Crippen LogP contribution is -2.35. The number of carbonyl (C=O) groups is 2. The van der Waals surface area contributed by atoms with Gasteiger partial charge in [0.1, 0.15) is 23.8 Å². The van der Waals surface area contributed by atoms with Crippen LogP contribution in [0.1, 0.15) is 27.4 Å². The summed E-state index contributed by atoms with van der Waals surface area (Å²) >= 11 is 0. The Morgan fingerprint density at radius 3 is 2.12 bits per heavy atom. The zero-order valence-corrected chi connectivity index (χ0v) is 14.7. The van der Waals surface area contributed by atoms with E-state index in [0.29, 0.717) is 28.4 Å². The Balaban J connectivity index is 2.33. The van der Waals surface area contributed by atoms with Crippen molar-refractivity contribution in [2.75, 3.05) is 20.8 Å². The summed E-state index contributed by atoms with van der Waals surface area (Å²) in [5, 5.41) is 9.16. The summed E-state index contributed by atoms with van der Waals surface area (Å²) in [6, 6.07) is 6.89. The maximum absolute atomic E-state index is 12.7. The minimum Gasteiger partial charge on any atom is -0.497 e. The molecule has 0 aliphatic heterocycles. The first-order valence-corrected chi connectivity index (χ1v) is 7.64. The van der Waals surface area contributed by atoms with E-state index >= 15 is 0 Å². The minimum absolute atomic E-state index is 0.0812. The smallest absolute Gasteiger partial charge is 0.323 e. The lowest BCUT2D eigenvalue weighted by atomic mass is 10.1. The molecule has 2 aromatic rings. The lowest BCUT2D eigenvalue weighted by molar-refractivity contribution is -0.137. The molecule has 0 aliphatic carbocycles. The Morgan fingerprint density at radius 2 is 1.68 bits per heavy atom. The molecule has 2 rings (SSSR count). The highest BCUT2D eigenvalue weighted by atomic mass is 16.5.